The Balaban J connectivity index is 2.31. The molecule has 1 aromatic heterocycles. The fraction of sp³-hybridized carbons (Fsp3) is 0.500. The number of hydrogen-bond acceptors (Lipinski definition) is 2. The molecule has 0 amide bonds. The van der Waals surface area contributed by atoms with E-state index in [0.717, 1.165) is 0 Å². The molecule has 0 spiro atoms. The van der Waals surface area contributed by atoms with Crippen LogP contribution in [0, 0.1) is 3.57 Å². The molecule has 1 aromatic rings. The fourth-order valence-corrected chi connectivity index (χ4v) is 3.10. The molecule has 0 aromatic carbocycles. The van der Waals surface area contributed by atoms with Crippen molar-refractivity contribution in [2.45, 2.75) is 18.9 Å². The largest absolute Gasteiger partial charge is 0.299 e. The standard InChI is InChI=1S/C10H12ClIN2/c1-14-4-2-3-9(14)7-6-13-10(11)5-8(7)12/h5-6,9H,2-4H2,1H3/t9-/m0/s1. The lowest BCUT2D eigenvalue weighted by molar-refractivity contribution is 0.316. The van der Waals surface area contributed by atoms with Gasteiger partial charge in [0, 0.05) is 21.4 Å². The molecule has 0 unspecified atom stereocenters. The van der Waals surface area contributed by atoms with Crippen molar-refractivity contribution in [2.75, 3.05) is 13.6 Å². The number of halogens is 2. The first-order chi connectivity index (χ1) is 6.68. The van der Waals surface area contributed by atoms with Crippen molar-refractivity contribution in [3.63, 3.8) is 0 Å². The van der Waals surface area contributed by atoms with E-state index < -0.39 is 0 Å². The van der Waals surface area contributed by atoms with Crippen LogP contribution >= 0.6 is 34.2 Å². The summed E-state index contributed by atoms with van der Waals surface area (Å²) in [6.07, 6.45) is 4.42. The van der Waals surface area contributed by atoms with E-state index in [1.54, 1.807) is 0 Å². The van der Waals surface area contributed by atoms with Crippen LogP contribution < -0.4 is 0 Å². The number of aromatic nitrogens is 1. The summed E-state index contributed by atoms with van der Waals surface area (Å²) in [6.45, 7) is 1.18. The number of rotatable bonds is 1. The molecule has 2 rings (SSSR count). The maximum Gasteiger partial charge on any atom is 0.130 e. The molecule has 1 saturated heterocycles. The minimum Gasteiger partial charge on any atom is -0.299 e. The van der Waals surface area contributed by atoms with E-state index in [1.807, 2.05) is 12.3 Å². The molecule has 2 heterocycles. The second kappa shape index (κ2) is 4.33. The molecular weight excluding hydrogens is 310 g/mol. The number of pyridine rings is 1. The molecule has 2 nitrogen and oxygen atoms in total. The summed E-state index contributed by atoms with van der Waals surface area (Å²) in [4.78, 5) is 6.53. The quantitative estimate of drug-likeness (QED) is 0.583. The van der Waals surface area contributed by atoms with E-state index in [1.165, 1.54) is 28.5 Å². The Hall–Kier alpha value is 0.130. The van der Waals surface area contributed by atoms with Gasteiger partial charge in [-0.25, -0.2) is 4.98 Å². The lowest BCUT2D eigenvalue weighted by Crippen LogP contribution is -2.18. The van der Waals surface area contributed by atoms with Crippen molar-refractivity contribution >= 4 is 34.2 Å². The maximum absolute atomic E-state index is 5.83. The lowest BCUT2D eigenvalue weighted by Gasteiger charge is -2.20. The average Bonchev–Trinajstić information content (AvgIpc) is 2.52. The van der Waals surface area contributed by atoms with Crippen LogP contribution in [0.2, 0.25) is 5.15 Å². The van der Waals surface area contributed by atoms with Gasteiger partial charge in [-0.3, -0.25) is 4.90 Å². The van der Waals surface area contributed by atoms with Gasteiger partial charge in [0.1, 0.15) is 5.15 Å². The van der Waals surface area contributed by atoms with Gasteiger partial charge >= 0.3 is 0 Å². The molecule has 14 heavy (non-hydrogen) atoms. The van der Waals surface area contributed by atoms with Crippen molar-refractivity contribution in [3.8, 4) is 0 Å². The van der Waals surface area contributed by atoms with Crippen LogP contribution in [0.5, 0.6) is 0 Å². The van der Waals surface area contributed by atoms with Crippen molar-refractivity contribution in [1.82, 2.24) is 9.88 Å². The molecule has 0 bridgehead atoms. The van der Waals surface area contributed by atoms with E-state index in [-0.39, 0.29) is 0 Å². The second-order valence-corrected chi connectivity index (χ2v) is 5.22. The third kappa shape index (κ3) is 2.04. The summed E-state index contributed by atoms with van der Waals surface area (Å²) in [5.74, 6) is 0. The zero-order valence-electron chi connectivity index (χ0n) is 8.00. The van der Waals surface area contributed by atoms with E-state index in [0.29, 0.717) is 11.2 Å². The van der Waals surface area contributed by atoms with Gasteiger partial charge in [-0.1, -0.05) is 11.6 Å². The highest BCUT2D eigenvalue weighted by molar-refractivity contribution is 14.1. The van der Waals surface area contributed by atoms with E-state index in [9.17, 15) is 0 Å². The van der Waals surface area contributed by atoms with E-state index in [4.69, 9.17) is 11.6 Å². The average molecular weight is 323 g/mol. The molecule has 0 radical (unpaired) electrons. The smallest absolute Gasteiger partial charge is 0.130 e. The SMILES string of the molecule is CN1CCC[C@H]1c1cnc(Cl)cc1I. The molecule has 1 aliphatic heterocycles. The molecule has 1 fully saturated rings. The summed E-state index contributed by atoms with van der Waals surface area (Å²) in [5, 5.41) is 0.582. The number of nitrogens with zero attached hydrogens (tertiary/aromatic N) is 2. The van der Waals surface area contributed by atoms with Gasteiger partial charge < -0.3 is 0 Å². The Morgan fingerprint density at radius 2 is 2.43 bits per heavy atom. The van der Waals surface area contributed by atoms with Crippen LogP contribution in [0.15, 0.2) is 12.3 Å². The molecule has 0 aliphatic carbocycles. The summed E-state index contributed by atoms with van der Waals surface area (Å²) in [5.41, 5.74) is 1.31. The molecule has 76 valence electrons. The van der Waals surface area contributed by atoms with E-state index in [2.05, 4.69) is 39.5 Å². The zero-order chi connectivity index (χ0) is 10.1. The molecule has 0 saturated carbocycles. The monoisotopic (exact) mass is 322 g/mol. The van der Waals surface area contributed by atoms with Crippen LogP contribution in [-0.4, -0.2) is 23.5 Å². The van der Waals surface area contributed by atoms with Gasteiger partial charge in [0.15, 0.2) is 0 Å². The molecule has 1 aliphatic rings. The minimum atomic E-state index is 0.534. The summed E-state index contributed by atoms with van der Waals surface area (Å²) in [6, 6.07) is 2.47. The summed E-state index contributed by atoms with van der Waals surface area (Å²) in [7, 11) is 2.17. The number of likely N-dealkylation sites (tertiary alicyclic amines) is 1. The maximum atomic E-state index is 5.83. The topological polar surface area (TPSA) is 16.1 Å². The highest BCUT2D eigenvalue weighted by atomic mass is 127. The first-order valence-corrected chi connectivity index (χ1v) is 6.15. The molecule has 1 atom stereocenters. The molecule has 0 N–H and O–H groups in total. The van der Waals surface area contributed by atoms with Crippen molar-refractivity contribution in [2.24, 2.45) is 0 Å². The summed E-state index contributed by atoms with van der Waals surface area (Å²) < 4.78 is 1.22. The molecular formula is C10H12ClIN2. The minimum absolute atomic E-state index is 0.534. The van der Waals surface area contributed by atoms with Crippen molar-refractivity contribution < 1.29 is 0 Å². The highest BCUT2D eigenvalue weighted by Crippen LogP contribution is 2.33. The number of hydrogen-bond donors (Lipinski definition) is 0. The second-order valence-electron chi connectivity index (χ2n) is 3.67. The Morgan fingerprint density at radius 1 is 1.64 bits per heavy atom. The van der Waals surface area contributed by atoms with Crippen LogP contribution in [0.1, 0.15) is 24.4 Å². The lowest BCUT2D eigenvalue weighted by atomic mass is 10.1. The van der Waals surface area contributed by atoms with Gasteiger partial charge in [-0.05, 0) is 55.1 Å². The third-order valence-electron chi connectivity index (χ3n) is 2.73. The van der Waals surface area contributed by atoms with E-state index >= 15 is 0 Å². The van der Waals surface area contributed by atoms with Gasteiger partial charge in [0.2, 0.25) is 0 Å². The fourth-order valence-electron chi connectivity index (χ4n) is 1.97. The highest BCUT2D eigenvalue weighted by Gasteiger charge is 2.24. The Morgan fingerprint density at radius 3 is 3.00 bits per heavy atom. The van der Waals surface area contributed by atoms with Crippen LogP contribution in [0.4, 0.5) is 0 Å². The first-order valence-electron chi connectivity index (χ1n) is 4.69. The Bertz CT molecular complexity index is 343. The van der Waals surface area contributed by atoms with Crippen molar-refractivity contribution in [3.05, 3.63) is 26.5 Å². The normalized spacial score (nSPS) is 22.9. The Labute approximate surface area is 103 Å². The van der Waals surface area contributed by atoms with Crippen LogP contribution in [-0.2, 0) is 0 Å². The first kappa shape index (κ1) is 10.6. The predicted molar refractivity (Wildman–Crippen MR) is 66.6 cm³/mol. The van der Waals surface area contributed by atoms with Gasteiger partial charge in [0.25, 0.3) is 0 Å². The van der Waals surface area contributed by atoms with Gasteiger partial charge in [0.05, 0.1) is 0 Å². The third-order valence-corrected chi connectivity index (χ3v) is 3.87. The van der Waals surface area contributed by atoms with Crippen molar-refractivity contribution in [1.29, 1.82) is 0 Å². The summed E-state index contributed by atoms with van der Waals surface area (Å²) >= 11 is 8.17. The molecule has 4 heteroatoms. The van der Waals surface area contributed by atoms with Crippen LogP contribution in [0.3, 0.4) is 0 Å². The predicted octanol–water partition coefficient (Wildman–Crippen LogP) is 3.11. The Kier molecular flexibility index (Phi) is 3.29. The van der Waals surface area contributed by atoms with Gasteiger partial charge in [-0.15, -0.1) is 0 Å². The zero-order valence-corrected chi connectivity index (χ0v) is 10.9. The van der Waals surface area contributed by atoms with Gasteiger partial charge in [-0.2, -0.15) is 0 Å². The van der Waals surface area contributed by atoms with Crippen LogP contribution in [0.25, 0.3) is 0 Å².